The summed E-state index contributed by atoms with van der Waals surface area (Å²) >= 11 is 0. The summed E-state index contributed by atoms with van der Waals surface area (Å²) < 4.78 is 49.1. The Kier molecular flexibility index (Phi) is 3.50. The molecule has 0 radical (unpaired) electrons. The first-order valence-electron chi connectivity index (χ1n) is 5.77. The summed E-state index contributed by atoms with van der Waals surface area (Å²) in [6, 6.07) is -0.383. The van der Waals surface area contributed by atoms with Gasteiger partial charge in [0.2, 0.25) is 10.0 Å². The van der Waals surface area contributed by atoms with Gasteiger partial charge in [0.25, 0.3) is 0 Å². The highest BCUT2D eigenvalue weighted by Crippen LogP contribution is 2.22. The Bertz CT molecular complexity index is 485. The molecule has 1 aliphatic carbocycles. The first-order chi connectivity index (χ1) is 7.80. The van der Waals surface area contributed by atoms with E-state index < -0.39 is 25.1 Å². The van der Waals surface area contributed by atoms with Gasteiger partial charge in [0.15, 0.2) is 9.84 Å². The first kappa shape index (κ1) is 13.3. The summed E-state index contributed by atoms with van der Waals surface area (Å²) in [6.07, 6.45) is 2.66. The standard InChI is InChI=1S/C9H18N2O4S2/c10-8-2-1-3-9(8)11-17(14,15)7-4-5-16(12,13)6-7/h7-9,11H,1-6,10H2. The van der Waals surface area contributed by atoms with Crippen LogP contribution in [0, 0.1) is 0 Å². The Labute approximate surface area is 102 Å². The van der Waals surface area contributed by atoms with Crippen molar-refractivity contribution in [3.63, 3.8) is 0 Å². The lowest BCUT2D eigenvalue weighted by molar-refractivity contribution is 0.515. The Hall–Kier alpha value is -0.180. The average molecular weight is 282 g/mol. The fraction of sp³-hybridized carbons (Fsp3) is 1.00. The molecular weight excluding hydrogens is 264 g/mol. The van der Waals surface area contributed by atoms with Crippen LogP contribution in [0.25, 0.3) is 0 Å². The Balaban J connectivity index is 2.05. The third-order valence-corrected chi connectivity index (χ3v) is 7.40. The maximum absolute atomic E-state index is 12.0. The van der Waals surface area contributed by atoms with Crippen LogP contribution in [0.5, 0.6) is 0 Å². The molecule has 1 aliphatic heterocycles. The Morgan fingerprint density at radius 2 is 1.88 bits per heavy atom. The second-order valence-corrected chi connectivity index (χ2v) is 9.11. The molecule has 3 atom stereocenters. The number of nitrogens with two attached hydrogens (primary N) is 1. The van der Waals surface area contributed by atoms with E-state index in [9.17, 15) is 16.8 Å². The third-order valence-electron chi connectivity index (χ3n) is 3.51. The van der Waals surface area contributed by atoms with E-state index in [-0.39, 0.29) is 30.0 Å². The van der Waals surface area contributed by atoms with Crippen LogP contribution >= 0.6 is 0 Å². The van der Waals surface area contributed by atoms with Crippen molar-refractivity contribution in [2.45, 2.75) is 43.0 Å². The van der Waals surface area contributed by atoms with Crippen LogP contribution in [-0.4, -0.2) is 45.7 Å². The quantitative estimate of drug-likeness (QED) is 0.688. The van der Waals surface area contributed by atoms with Gasteiger partial charge in [-0.1, -0.05) is 6.42 Å². The lowest BCUT2D eigenvalue weighted by atomic mass is 10.2. The van der Waals surface area contributed by atoms with Gasteiger partial charge in [-0.2, -0.15) is 0 Å². The van der Waals surface area contributed by atoms with Crippen molar-refractivity contribution in [1.82, 2.24) is 4.72 Å². The van der Waals surface area contributed by atoms with Crippen molar-refractivity contribution < 1.29 is 16.8 Å². The Morgan fingerprint density at radius 1 is 1.18 bits per heavy atom. The van der Waals surface area contributed by atoms with Crippen LogP contribution in [0.4, 0.5) is 0 Å². The lowest BCUT2D eigenvalue weighted by Crippen LogP contribution is -2.47. The van der Waals surface area contributed by atoms with Gasteiger partial charge >= 0.3 is 0 Å². The fourth-order valence-electron chi connectivity index (χ4n) is 2.45. The highest BCUT2D eigenvalue weighted by atomic mass is 32.2. The Morgan fingerprint density at radius 3 is 2.35 bits per heavy atom. The van der Waals surface area contributed by atoms with Gasteiger partial charge < -0.3 is 5.73 Å². The van der Waals surface area contributed by atoms with Crippen molar-refractivity contribution in [2.24, 2.45) is 5.73 Å². The highest BCUT2D eigenvalue weighted by molar-refractivity contribution is 7.95. The number of nitrogens with one attached hydrogen (secondary N) is 1. The summed E-state index contributed by atoms with van der Waals surface area (Å²) in [5, 5.41) is -0.805. The summed E-state index contributed by atoms with van der Waals surface area (Å²) in [5.41, 5.74) is 5.79. The molecule has 2 aliphatic rings. The van der Waals surface area contributed by atoms with E-state index in [2.05, 4.69) is 4.72 Å². The van der Waals surface area contributed by atoms with Gasteiger partial charge in [0.05, 0.1) is 16.8 Å². The topological polar surface area (TPSA) is 106 Å². The molecule has 2 fully saturated rings. The maximum atomic E-state index is 12.0. The molecule has 0 amide bonds. The van der Waals surface area contributed by atoms with Gasteiger partial charge in [-0.25, -0.2) is 21.6 Å². The summed E-state index contributed by atoms with van der Waals surface area (Å²) in [5.74, 6) is -0.292. The van der Waals surface area contributed by atoms with Gasteiger partial charge in [0.1, 0.15) is 0 Å². The summed E-state index contributed by atoms with van der Waals surface area (Å²) in [7, 11) is -6.73. The zero-order valence-electron chi connectivity index (χ0n) is 9.50. The molecule has 0 aromatic rings. The SMILES string of the molecule is NC1CCCC1NS(=O)(=O)C1CCS(=O)(=O)C1. The molecule has 0 aromatic carbocycles. The van der Waals surface area contributed by atoms with E-state index in [4.69, 9.17) is 5.73 Å². The van der Waals surface area contributed by atoms with Crippen LogP contribution in [0.1, 0.15) is 25.7 Å². The van der Waals surface area contributed by atoms with Gasteiger partial charge in [-0.05, 0) is 19.3 Å². The van der Waals surface area contributed by atoms with Crippen LogP contribution in [0.3, 0.4) is 0 Å². The lowest BCUT2D eigenvalue weighted by Gasteiger charge is -2.19. The molecule has 100 valence electrons. The van der Waals surface area contributed by atoms with Crippen molar-refractivity contribution in [2.75, 3.05) is 11.5 Å². The minimum absolute atomic E-state index is 0.0324. The molecule has 0 spiro atoms. The monoisotopic (exact) mass is 282 g/mol. The van der Waals surface area contributed by atoms with E-state index in [0.29, 0.717) is 0 Å². The van der Waals surface area contributed by atoms with Crippen molar-refractivity contribution in [1.29, 1.82) is 0 Å². The van der Waals surface area contributed by atoms with Crippen LogP contribution in [-0.2, 0) is 19.9 Å². The van der Waals surface area contributed by atoms with Crippen molar-refractivity contribution in [3.8, 4) is 0 Å². The van der Waals surface area contributed by atoms with E-state index in [1.807, 2.05) is 0 Å². The van der Waals surface area contributed by atoms with Crippen LogP contribution in [0.2, 0.25) is 0 Å². The van der Waals surface area contributed by atoms with Crippen LogP contribution < -0.4 is 10.5 Å². The average Bonchev–Trinajstić information content (AvgIpc) is 2.74. The van der Waals surface area contributed by atoms with Crippen molar-refractivity contribution >= 4 is 19.9 Å². The minimum Gasteiger partial charge on any atom is -0.326 e. The number of hydrogen-bond donors (Lipinski definition) is 2. The maximum Gasteiger partial charge on any atom is 0.215 e. The normalized spacial score (nSPS) is 37.4. The van der Waals surface area contributed by atoms with Gasteiger partial charge in [-0.15, -0.1) is 0 Å². The fourth-order valence-corrected chi connectivity index (χ4v) is 6.81. The predicted molar refractivity (Wildman–Crippen MR) is 64.7 cm³/mol. The molecule has 6 nitrogen and oxygen atoms in total. The molecule has 17 heavy (non-hydrogen) atoms. The molecule has 1 saturated carbocycles. The third kappa shape index (κ3) is 2.98. The van der Waals surface area contributed by atoms with Crippen LogP contribution in [0.15, 0.2) is 0 Å². The summed E-state index contributed by atoms with van der Waals surface area (Å²) in [6.45, 7) is 0. The molecule has 2 rings (SSSR count). The van der Waals surface area contributed by atoms with E-state index in [0.717, 1.165) is 19.3 Å². The molecule has 3 N–H and O–H groups in total. The molecule has 8 heteroatoms. The molecule has 3 unspecified atom stereocenters. The number of rotatable bonds is 3. The summed E-state index contributed by atoms with van der Waals surface area (Å²) in [4.78, 5) is 0. The van der Waals surface area contributed by atoms with Gasteiger partial charge in [0, 0.05) is 12.1 Å². The number of sulfone groups is 1. The molecule has 1 saturated heterocycles. The largest absolute Gasteiger partial charge is 0.326 e. The van der Waals surface area contributed by atoms with E-state index >= 15 is 0 Å². The second kappa shape index (κ2) is 4.49. The van der Waals surface area contributed by atoms with E-state index in [1.54, 1.807) is 0 Å². The predicted octanol–water partition coefficient (Wildman–Crippen LogP) is -1.03. The molecule has 0 aromatic heterocycles. The molecular formula is C9H18N2O4S2. The van der Waals surface area contributed by atoms with Gasteiger partial charge in [-0.3, -0.25) is 0 Å². The number of hydrogen-bond acceptors (Lipinski definition) is 5. The molecule has 0 bridgehead atoms. The smallest absolute Gasteiger partial charge is 0.215 e. The molecule has 1 heterocycles. The zero-order chi connectivity index (χ0) is 12.7. The van der Waals surface area contributed by atoms with E-state index in [1.165, 1.54) is 0 Å². The second-order valence-electron chi connectivity index (χ2n) is 4.89. The minimum atomic E-state index is -3.56. The number of sulfonamides is 1. The zero-order valence-corrected chi connectivity index (χ0v) is 11.1. The first-order valence-corrected chi connectivity index (χ1v) is 9.14. The van der Waals surface area contributed by atoms with Crippen molar-refractivity contribution in [3.05, 3.63) is 0 Å². The highest BCUT2D eigenvalue weighted by Gasteiger charge is 2.39.